The third-order valence-electron chi connectivity index (χ3n) is 4.96. The molecule has 2 aliphatic rings. The lowest BCUT2D eigenvalue weighted by Crippen LogP contribution is -2.29. The van der Waals surface area contributed by atoms with Crippen LogP contribution >= 0.6 is 11.6 Å². The molecule has 4 heteroatoms. The molecule has 2 aliphatic heterocycles. The van der Waals surface area contributed by atoms with Crippen molar-refractivity contribution in [2.75, 3.05) is 18.4 Å². The number of piperidine rings is 1. The van der Waals surface area contributed by atoms with Crippen molar-refractivity contribution in [3.8, 4) is 11.1 Å². The van der Waals surface area contributed by atoms with Crippen LogP contribution in [0.1, 0.15) is 30.4 Å². The molecule has 1 fully saturated rings. The number of benzene rings is 2. The first kappa shape index (κ1) is 15.7. The Labute approximate surface area is 147 Å². The van der Waals surface area contributed by atoms with Crippen molar-refractivity contribution in [1.82, 2.24) is 4.90 Å². The van der Waals surface area contributed by atoms with Gasteiger partial charge in [0.05, 0.1) is 11.4 Å². The topological polar surface area (TPSA) is 32.3 Å². The molecule has 0 atom stereocenters. The fourth-order valence-corrected chi connectivity index (χ4v) is 3.97. The zero-order valence-corrected chi connectivity index (χ0v) is 14.4. The van der Waals surface area contributed by atoms with Crippen LogP contribution in [0, 0.1) is 0 Å². The second-order valence-electron chi connectivity index (χ2n) is 6.71. The van der Waals surface area contributed by atoms with Crippen molar-refractivity contribution in [2.24, 2.45) is 0 Å². The minimum Gasteiger partial charge on any atom is -0.326 e. The molecule has 2 aromatic carbocycles. The SMILES string of the molecule is O=C1Cc2cc(-c3cccc(CN4CCCCC4)c3Cl)ccc2N1. The lowest BCUT2D eigenvalue weighted by atomic mass is 9.99. The molecule has 0 bridgehead atoms. The monoisotopic (exact) mass is 340 g/mol. The zero-order chi connectivity index (χ0) is 16.5. The summed E-state index contributed by atoms with van der Waals surface area (Å²) in [5.41, 5.74) is 5.29. The molecule has 0 aliphatic carbocycles. The summed E-state index contributed by atoms with van der Waals surface area (Å²) in [4.78, 5) is 14.0. The maximum absolute atomic E-state index is 11.5. The third-order valence-corrected chi connectivity index (χ3v) is 5.41. The number of nitrogens with zero attached hydrogens (tertiary/aromatic N) is 1. The molecule has 0 unspecified atom stereocenters. The maximum atomic E-state index is 11.5. The average Bonchev–Trinajstić information content (AvgIpc) is 2.97. The Kier molecular flexibility index (Phi) is 4.30. The highest BCUT2D eigenvalue weighted by Crippen LogP contribution is 2.35. The van der Waals surface area contributed by atoms with Crippen LogP contribution in [0.15, 0.2) is 36.4 Å². The van der Waals surface area contributed by atoms with Crippen LogP contribution in [0.2, 0.25) is 5.02 Å². The highest BCUT2D eigenvalue weighted by atomic mass is 35.5. The van der Waals surface area contributed by atoms with Gasteiger partial charge >= 0.3 is 0 Å². The fraction of sp³-hybridized carbons (Fsp3) is 0.350. The molecular formula is C20H21ClN2O. The number of carbonyl (C=O) groups excluding carboxylic acids is 1. The predicted molar refractivity (Wildman–Crippen MR) is 98.3 cm³/mol. The average molecular weight is 341 g/mol. The van der Waals surface area contributed by atoms with E-state index in [2.05, 4.69) is 34.5 Å². The summed E-state index contributed by atoms with van der Waals surface area (Å²) in [6.07, 6.45) is 4.35. The standard InChI is InChI=1S/C20H21ClN2O/c21-20-15(13-23-9-2-1-3-10-23)5-4-6-17(20)14-7-8-18-16(11-14)12-19(24)22-18/h4-8,11H,1-3,9-10,12-13H2,(H,22,24). The van der Waals surface area contributed by atoms with Crippen LogP contribution in [0.4, 0.5) is 5.69 Å². The number of anilines is 1. The van der Waals surface area contributed by atoms with E-state index in [0.717, 1.165) is 47.0 Å². The van der Waals surface area contributed by atoms with Gasteiger partial charge in [0, 0.05) is 17.8 Å². The van der Waals surface area contributed by atoms with Gasteiger partial charge in [-0.05, 0) is 54.8 Å². The molecule has 124 valence electrons. The Morgan fingerprint density at radius 2 is 1.92 bits per heavy atom. The van der Waals surface area contributed by atoms with E-state index in [9.17, 15) is 4.79 Å². The molecule has 0 aromatic heterocycles. The van der Waals surface area contributed by atoms with E-state index in [1.54, 1.807) is 0 Å². The van der Waals surface area contributed by atoms with Gasteiger partial charge in [-0.25, -0.2) is 0 Å². The minimum atomic E-state index is 0.0621. The third kappa shape index (κ3) is 3.06. The molecule has 4 rings (SSSR count). The minimum absolute atomic E-state index is 0.0621. The molecule has 1 saturated heterocycles. The second-order valence-corrected chi connectivity index (χ2v) is 7.09. The molecule has 0 saturated carbocycles. The zero-order valence-electron chi connectivity index (χ0n) is 13.6. The number of hydrogen-bond donors (Lipinski definition) is 1. The number of likely N-dealkylation sites (tertiary alicyclic amines) is 1. The highest BCUT2D eigenvalue weighted by molar-refractivity contribution is 6.34. The van der Waals surface area contributed by atoms with Crippen molar-refractivity contribution in [3.63, 3.8) is 0 Å². The molecule has 2 heterocycles. The normalized spacial score (nSPS) is 17.6. The summed E-state index contributed by atoms with van der Waals surface area (Å²) >= 11 is 6.73. The molecule has 2 aromatic rings. The van der Waals surface area contributed by atoms with Gasteiger partial charge in [0.15, 0.2) is 0 Å². The van der Waals surface area contributed by atoms with E-state index >= 15 is 0 Å². The number of carbonyl (C=O) groups is 1. The Morgan fingerprint density at radius 3 is 2.75 bits per heavy atom. The van der Waals surface area contributed by atoms with E-state index in [0.29, 0.717) is 6.42 Å². The van der Waals surface area contributed by atoms with Crippen LogP contribution in [0.5, 0.6) is 0 Å². The maximum Gasteiger partial charge on any atom is 0.228 e. The number of amides is 1. The van der Waals surface area contributed by atoms with Gasteiger partial charge in [0.1, 0.15) is 0 Å². The first-order valence-electron chi connectivity index (χ1n) is 8.63. The van der Waals surface area contributed by atoms with Crippen LogP contribution in [0.3, 0.4) is 0 Å². The quantitative estimate of drug-likeness (QED) is 0.893. The summed E-state index contributed by atoms with van der Waals surface area (Å²) in [7, 11) is 0. The second kappa shape index (κ2) is 6.58. The van der Waals surface area contributed by atoms with Crippen molar-refractivity contribution < 1.29 is 4.79 Å². The molecule has 24 heavy (non-hydrogen) atoms. The number of rotatable bonds is 3. The van der Waals surface area contributed by atoms with Crippen molar-refractivity contribution in [3.05, 3.63) is 52.5 Å². The smallest absolute Gasteiger partial charge is 0.228 e. The van der Waals surface area contributed by atoms with Crippen molar-refractivity contribution >= 4 is 23.2 Å². The Morgan fingerprint density at radius 1 is 1.08 bits per heavy atom. The van der Waals surface area contributed by atoms with Gasteiger partial charge in [-0.2, -0.15) is 0 Å². The molecule has 0 spiro atoms. The number of halogens is 1. The van der Waals surface area contributed by atoms with Crippen molar-refractivity contribution in [2.45, 2.75) is 32.2 Å². The molecule has 3 nitrogen and oxygen atoms in total. The Hall–Kier alpha value is -1.84. The van der Waals surface area contributed by atoms with Gasteiger partial charge in [-0.1, -0.05) is 42.3 Å². The molecule has 1 N–H and O–H groups in total. The van der Waals surface area contributed by atoms with E-state index in [1.165, 1.54) is 24.8 Å². The molecule has 0 radical (unpaired) electrons. The molecular weight excluding hydrogens is 320 g/mol. The summed E-state index contributed by atoms with van der Waals surface area (Å²) in [5, 5.41) is 3.71. The van der Waals surface area contributed by atoms with E-state index in [1.807, 2.05) is 12.1 Å². The summed E-state index contributed by atoms with van der Waals surface area (Å²) in [6.45, 7) is 3.23. The van der Waals surface area contributed by atoms with Gasteiger partial charge in [-0.15, -0.1) is 0 Å². The summed E-state index contributed by atoms with van der Waals surface area (Å²) in [6, 6.07) is 12.4. The Bertz CT molecular complexity index is 781. The van der Waals surface area contributed by atoms with Gasteiger partial charge in [-0.3, -0.25) is 9.69 Å². The van der Waals surface area contributed by atoms with E-state index in [4.69, 9.17) is 11.6 Å². The van der Waals surface area contributed by atoms with Crippen LogP contribution < -0.4 is 5.32 Å². The lowest BCUT2D eigenvalue weighted by Gasteiger charge is -2.27. The van der Waals surface area contributed by atoms with Crippen LogP contribution in [0.25, 0.3) is 11.1 Å². The number of nitrogens with one attached hydrogen (secondary N) is 1. The van der Waals surface area contributed by atoms with E-state index < -0.39 is 0 Å². The largest absolute Gasteiger partial charge is 0.326 e. The number of fused-ring (bicyclic) bond motifs is 1. The van der Waals surface area contributed by atoms with Crippen LogP contribution in [-0.4, -0.2) is 23.9 Å². The van der Waals surface area contributed by atoms with Gasteiger partial charge in [0.2, 0.25) is 5.91 Å². The molecule has 1 amide bonds. The summed E-state index contributed by atoms with van der Waals surface area (Å²) in [5.74, 6) is 0.0621. The predicted octanol–water partition coefficient (Wildman–Crippen LogP) is 4.49. The fourth-order valence-electron chi connectivity index (χ4n) is 3.68. The first-order chi connectivity index (χ1) is 11.7. The number of hydrogen-bond acceptors (Lipinski definition) is 2. The summed E-state index contributed by atoms with van der Waals surface area (Å²) < 4.78 is 0. The van der Waals surface area contributed by atoms with Crippen molar-refractivity contribution in [1.29, 1.82) is 0 Å². The van der Waals surface area contributed by atoms with Gasteiger partial charge < -0.3 is 5.32 Å². The van der Waals surface area contributed by atoms with E-state index in [-0.39, 0.29) is 5.91 Å². The first-order valence-corrected chi connectivity index (χ1v) is 9.01. The Balaban J connectivity index is 1.63. The van der Waals surface area contributed by atoms with Crippen LogP contribution in [-0.2, 0) is 17.8 Å². The van der Waals surface area contributed by atoms with Gasteiger partial charge in [0.25, 0.3) is 0 Å². The lowest BCUT2D eigenvalue weighted by molar-refractivity contribution is -0.115. The highest BCUT2D eigenvalue weighted by Gasteiger charge is 2.19.